The van der Waals surface area contributed by atoms with Gasteiger partial charge in [0.1, 0.15) is 11.5 Å². The number of rotatable bonds is 12. The molecule has 0 amide bonds. The number of aryl methyl sites for hydroxylation is 1. The number of phenols is 1. The molecule has 0 saturated heterocycles. The second kappa shape index (κ2) is 11.7. The van der Waals surface area contributed by atoms with E-state index in [1.165, 1.54) is 11.8 Å². The van der Waals surface area contributed by atoms with Gasteiger partial charge in [-0.05, 0) is 69.0 Å². The molecule has 0 radical (unpaired) electrons. The molecule has 0 saturated carbocycles. The van der Waals surface area contributed by atoms with Gasteiger partial charge in [-0.15, -0.1) is 0 Å². The smallest absolute Gasteiger partial charge is 0.469 e. The van der Waals surface area contributed by atoms with Gasteiger partial charge in [-0.3, -0.25) is 4.52 Å². The maximum Gasteiger partial charge on any atom is 0.469 e. The number of phosphoric ester groups is 1. The van der Waals surface area contributed by atoms with Crippen molar-refractivity contribution in [3.05, 3.63) is 47.0 Å². The van der Waals surface area contributed by atoms with Gasteiger partial charge in [0.15, 0.2) is 0 Å². The van der Waals surface area contributed by atoms with E-state index in [9.17, 15) is 9.67 Å². The Balaban J connectivity index is 2.09. The second-order valence-corrected chi connectivity index (χ2v) is 10.8. The summed E-state index contributed by atoms with van der Waals surface area (Å²) in [5.41, 5.74) is 6.36. The highest BCUT2D eigenvalue weighted by Crippen LogP contribution is 2.39. The molecule has 0 spiro atoms. The Bertz CT molecular complexity index is 954. The lowest BCUT2D eigenvalue weighted by Crippen LogP contribution is -2.44. The van der Waals surface area contributed by atoms with E-state index in [0.717, 1.165) is 16.9 Å². The molecule has 0 aliphatic rings. The number of hydrogen-bond acceptors (Lipinski definition) is 6. The fourth-order valence-electron chi connectivity index (χ4n) is 3.21. The van der Waals surface area contributed by atoms with Gasteiger partial charge >= 0.3 is 7.82 Å². The molecule has 2 aromatic carbocycles. The van der Waals surface area contributed by atoms with Crippen LogP contribution < -0.4 is 10.5 Å². The van der Waals surface area contributed by atoms with Gasteiger partial charge in [-0.1, -0.05) is 42.8 Å². The molecule has 0 aliphatic heterocycles. The second-order valence-electron chi connectivity index (χ2n) is 8.03. The van der Waals surface area contributed by atoms with Crippen LogP contribution in [0.25, 0.3) is 0 Å². The van der Waals surface area contributed by atoms with E-state index in [4.69, 9.17) is 31.9 Å². The van der Waals surface area contributed by atoms with Crippen LogP contribution in [-0.4, -0.2) is 33.1 Å². The highest BCUT2D eigenvalue weighted by molar-refractivity contribution is 7.99. The zero-order chi connectivity index (χ0) is 23.9. The van der Waals surface area contributed by atoms with Crippen molar-refractivity contribution in [3.8, 4) is 11.5 Å². The Morgan fingerprint density at radius 2 is 1.91 bits per heavy atom. The number of phosphoric acid groups is 1. The Morgan fingerprint density at radius 3 is 2.50 bits per heavy atom. The quantitative estimate of drug-likeness (QED) is 0.279. The molecule has 0 aromatic heterocycles. The predicted molar refractivity (Wildman–Crippen MR) is 128 cm³/mol. The number of ether oxygens (including phenoxy) is 1. The summed E-state index contributed by atoms with van der Waals surface area (Å²) in [6, 6.07) is 10.7. The summed E-state index contributed by atoms with van der Waals surface area (Å²) in [5, 5.41) is 10.8. The zero-order valence-corrected chi connectivity index (χ0v) is 20.9. The number of hydrogen-bond donors (Lipinski definition) is 4. The zero-order valence-electron chi connectivity index (χ0n) is 18.5. The van der Waals surface area contributed by atoms with Crippen LogP contribution in [0, 0.1) is 0 Å². The highest BCUT2D eigenvalue weighted by atomic mass is 35.5. The largest absolute Gasteiger partial charge is 0.507 e. The molecule has 1 unspecified atom stereocenters. The van der Waals surface area contributed by atoms with E-state index in [2.05, 4.69) is 4.52 Å². The standard InChI is InChI=1S/C22H31ClNO6PS/c1-4-10-22(24,14-29-31(26,27)28)11-9-16-5-7-18(13-19(16)23)32-21-12-17(30-15(2)3)6-8-20(21)25/h5-8,12-13,15,25H,4,9-11,14,24H2,1-3H3,(H2,26,27,28). The summed E-state index contributed by atoms with van der Waals surface area (Å²) < 4.78 is 21.4. The average molecular weight is 504 g/mol. The lowest BCUT2D eigenvalue weighted by molar-refractivity contribution is 0.141. The van der Waals surface area contributed by atoms with Crippen LogP contribution in [0.15, 0.2) is 46.2 Å². The van der Waals surface area contributed by atoms with Crippen molar-refractivity contribution >= 4 is 31.2 Å². The Morgan fingerprint density at radius 1 is 1.19 bits per heavy atom. The van der Waals surface area contributed by atoms with E-state index >= 15 is 0 Å². The molecule has 2 aromatic rings. The first-order valence-corrected chi connectivity index (χ1v) is 13.1. The van der Waals surface area contributed by atoms with E-state index < -0.39 is 13.4 Å². The minimum atomic E-state index is -4.58. The number of phenolic OH excluding ortho intramolecular Hbond substituents is 1. The van der Waals surface area contributed by atoms with Gasteiger partial charge in [0.2, 0.25) is 0 Å². The number of halogens is 1. The predicted octanol–water partition coefficient (Wildman–Crippen LogP) is 5.52. The van der Waals surface area contributed by atoms with Crippen molar-refractivity contribution in [3.63, 3.8) is 0 Å². The van der Waals surface area contributed by atoms with Crippen LogP contribution in [0.4, 0.5) is 0 Å². The molecular formula is C22H31ClNO6PS. The first-order valence-electron chi connectivity index (χ1n) is 10.4. The van der Waals surface area contributed by atoms with Gasteiger partial charge < -0.3 is 25.4 Å². The molecule has 32 heavy (non-hydrogen) atoms. The molecule has 2 rings (SSSR count). The lowest BCUT2D eigenvalue weighted by atomic mass is 9.89. The maximum atomic E-state index is 11.1. The van der Waals surface area contributed by atoms with Crippen LogP contribution in [-0.2, 0) is 15.5 Å². The van der Waals surface area contributed by atoms with Gasteiger partial charge in [0, 0.05) is 15.5 Å². The van der Waals surface area contributed by atoms with Crippen molar-refractivity contribution in [2.45, 2.75) is 67.9 Å². The van der Waals surface area contributed by atoms with E-state index in [-0.39, 0.29) is 18.5 Å². The Kier molecular flexibility index (Phi) is 9.91. The summed E-state index contributed by atoms with van der Waals surface area (Å²) in [5.74, 6) is 0.833. The summed E-state index contributed by atoms with van der Waals surface area (Å²) >= 11 is 7.87. The number of nitrogens with two attached hydrogens (primary N) is 1. The number of benzene rings is 2. The molecule has 0 bridgehead atoms. The molecule has 0 fully saturated rings. The molecule has 1 atom stereocenters. The van der Waals surface area contributed by atoms with Crippen LogP contribution in [0.2, 0.25) is 5.02 Å². The van der Waals surface area contributed by atoms with Gasteiger partial charge in [-0.2, -0.15) is 0 Å². The summed E-state index contributed by atoms with van der Waals surface area (Å²) in [6.45, 7) is 5.60. The molecular weight excluding hydrogens is 473 g/mol. The van der Waals surface area contributed by atoms with Crippen molar-refractivity contribution in [1.82, 2.24) is 0 Å². The van der Waals surface area contributed by atoms with E-state index in [1.807, 2.05) is 39.0 Å². The molecule has 178 valence electrons. The monoisotopic (exact) mass is 503 g/mol. The van der Waals surface area contributed by atoms with Crippen molar-refractivity contribution in [2.24, 2.45) is 5.73 Å². The van der Waals surface area contributed by atoms with E-state index in [0.29, 0.717) is 34.9 Å². The SMILES string of the molecule is CCCC(N)(CCc1ccc(Sc2cc(OC(C)C)ccc2O)cc1Cl)COP(=O)(O)O. The van der Waals surface area contributed by atoms with Crippen LogP contribution in [0.1, 0.15) is 45.6 Å². The summed E-state index contributed by atoms with van der Waals surface area (Å²) in [4.78, 5) is 19.5. The topological polar surface area (TPSA) is 122 Å². The summed E-state index contributed by atoms with van der Waals surface area (Å²) in [7, 11) is -4.58. The normalized spacial score (nSPS) is 13.9. The number of aromatic hydroxyl groups is 1. The molecule has 10 heteroatoms. The van der Waals surface area contributed by atoms with Gasteiger partial charge in [-0.25, -0.2) is 4.57 Å². The third-order valence-corrected chi connectivity index (χ3v) is 6.57. The maximum absolute atomic E-state index is 11.1. The first kappa shape index (κ1) is 27.0. The first-order chi connectivity index (χ1) is 14.9. The minimum absolute atomic E-state index is 0.0283. The van der Waals surface area contributed by atoms with Crippen molar-refractivity contribution in [1.29, 1.82) is 0 Å². The highest BCUT2D eigenvalue weighted by Gasteiger charge is 2.28. The van der Waals surface area contributed by atoms with E-state index in [1.54, 1.807) is 18.2 Å². The van der Waals surface area contributed by atoms with Gasteiger partial charge in [0.05, 0.1) is 17.6 Å². The molecule has 7 nitrogen and oxygen atoms in total. The molecule has 0 heterocycles. The molecule has 0 aliphatic carbocycles. The van der Waals surface area contributed by atoms with Crippen molar-refractivity contribution < 1.29 is 28.7 Å². The van der Waals surface area contributed by atoms with Crippen LogP contribution >= 0.6 is 31.2 Å². The third-order valence-electron chi connectivity index (χ3n) is 4.72. The van der Waals surface area contributed by atoms with Crippen LogP contribution in [0.5, 0.6) is 11.5 Å². The minimum Gasteiger partial charge on any atom is -0.507 e. The van der Waals surface area contributed by atoms with Gasteiger partial charge in [0.25, 0.3) is 0 Å². The van der Waals surface area contributed by atoms with Crippen molar-refractivity contribution in [2.75, 3.05) is 6.61 Å². The fourth-order valence-corrected chi connectivity index (χ4v) is 4.89. The fraction of sp³-hybridized carbons (Fsp3) is 0.455. The Hall–Kier alpha value is -1.25. The third kappa shape index (κ3) is 8.94. The average Bonchev–Trinajstić information content (AvgIpc) is 2.68. The summed E-state index contributed by atoms with van der Waals surface area (Å²) in [6.07, 6.45) is 2.34. The lowest BCUT2D eigenvalue weighted by Gasteiger charge is -2.29. The Labute approximate surface area is 198 Å². The molecule has 5 N–H and O–H groups in total. The van der Waals surface area contributed by atoms with Crippen LogP contribution in [0.3, 0.4) is 0 Å².